The van der Waals surface area contributed by atoms with Gasteiger partial charge in [-0.1, -0.05) is 18.2 Å². The van der Waals surface area contributed by atoms with E-state index in [-0.39, 0.29) is 5.91 Å². The SMILES string of the molecule is COc1cc2c(cc1OC)C(=O)N(CC1CCCN(CCc3ccc(C)c(C)c3)C1)C2. The molecule has 0 aliphatic carbocycles. The Balaban J connectivity index is 1.35. The summed E-state index contributed by atoms with van der Waals surface area (Å²) in [7, 11) is 3.24. The molecule has 166 valence electrons. The minimum Gasteiger partial charge on any atom is -0.493 e. The van der Waals surface area contributed by atoms with Crippen molar-refractivity contribution in [3.63, 3.8) is 0 Å². The predicted molar refractivity (Wildman–Crippen MR) is 123 cm³/mol. The maximum atomic E-state index is 13.0. The van der Waals surface area contributed by atoms with Crippen molar-refractivity contribution in [1.82, 2.24) is 9.80 Å². The van der Waals surface area contributed by atoms with Crippen molar-refractivity contribution in [3.8, 4) is 11.5 Å². The number of hydrogen-bond acceptors (Lipinski definition) is 4. The molecule has 2 heterocycles. The van der Waals surface area contributed by atoms with Gasteiger partial charge in [-0.05, 0) is 80.0 Å². The number of fused-ring (bicyclic) bond motifs is 1. The van der Waals surface area contributed by atoms with Gasteiger partial charge in [-0.2, -0.15) is 0 Å². The smallest absolute Gasteiger partial charge is 0.254 e. The van der Waals surface area contributed by atoms with Crippen LogP contribution in [0.15, 0.2) is 30.3 Å². The lowest BCUT2D eigenvalue weighted by molar-refractivity contribution is 0.0703. The van der Waals surface area contributed by atoms with E-state index < -0.39 is 0 Å². The summed E-state index contributed by atoms with van der Waals surface area (Å²) in [5.41, 5.74) is 5.92. The van der Waals surface area contributed by atoms with Crippen molar-refractivity contribution in [3.05, 3.63) is 58.1 Å². The van der Waals surface area contributed by atoms with Crippen LogP contribution in [0.1, 0.15) is 45.5 Å². The molecular formula is C26H34N2O3. The van der Waals surface area contributed by atoms with Gasteiger partial charge in [-0.3, -0.25) is 4.79 Å². The van der Waals surface area contributed by atoms with E-state index in [1.54, 1.807) is 14.2 Å². The average Bonchev–Trinajstić information content (AvgIpc) is 3.08. The van der Waals surface area contributed by atoms with Gasteiger partial charge in [-0.25, -0.2) is 0 Å². The van der Waals surface area contributed by atoms with Crippen LogP contribution in [0.25, 0.3) is 0 Å². The average molecular weight is 423 g/mol. The van der Waals surface area contributed by atoms with E-state index in [9.17, 15) is 4.79 Å². The van der Waals surface area contributed by atoms with Gasteiger partial charge >= 0.3 is 0 Å². The van der Waals surface area contributed by atoms with Crippen LogP contribution in [-0.2, 0) is 13.0 Å². The lowest BCUT2D eigenvalue weighted by Crippen LogP contribution is -2.41. The summed E-state index contributed by atoms with van der Waals surface area (Å²) in [6, 6.07) is 10.6. The quantitative estimate of drug-likeness (QED) is 0.670. The molecule has 0 saturated carbocycles. The number of carbonyl (C=O) groups is 1. The number of hydrogen-bond donors (Lipinski definition) is 0. The highest BCUT2D eigenvalue weighted by Gasteiger charge is 2.32. The first-order chi connectivity index (χ1) is 15.0. The van der Waals surface area contributed by atoms with Crippen LogP contribution in [0.3, 0.4) is 0 Å². The monoisotopic (exact) mass is 422 g/mol. The second-order valence-corrected chi connectivity index (χ2v) is 9.03. The molecule has 1 amide bonds. The third-order valence-corrected chi connectivity index (χ3v) is 6.86. The summed E-state index contributed by atoms with van der Waals surface area (Å²) in [5.74, 6) is 1.94. The summed E-state index contributed by atoms with van der Waals surface area (Å²) in [6.45, 7) is 9.14. The lowest BCUT2D eigenvalue weighted by Gasteiger charge is -2.34. The van der Waals surface area contributed by atoms with E-state index in [4.69, 9.17) is 9.47 Å². The maximum Gasteiger partial charge on any atom is 0.254 e. The third kappa shape index (κ3) is 4.72. The van der Waals surface area contributed by atoms with Crippen LogP contribution in [0.4, 0.5) is 0 Å². The maximum absolute atomic E-state index is 13.0. The molecule has 2 aliphatic heterocycles. The summed E-state index contributed by atoms with van der Waals surface area (Å²) < 4.78 is 10.8. The topological polar surface area (TPSA) is 42.0 Å². The van der Waals surface area contributed by atoms with Gasteiger partial charge in [-0.15, -0.1) is 0 Å². The highest BCUT2D eigenvalue weighted by molar-refractivity contribution is 5.99. The number of ether oxygens (including phenoxy) is 2. The molecule has 0 radical (unpaired) electrons. The molecule has 1 fully saturated rings. The van der Waals surface area contributed by atoms with E-state index in [0.29, 0.717) is 24.0 Å². The summed E-state index contributed by atoms with van der Waals surface area (Å²) in [6.07, 6.45) is 3.47. The van der Waals surface area contributed by atoms with E-state index >= 15 is 0 Å². The second kappa shape index (κ2) is 9.31. The van der Waals surface area contributed by atoms with Crippen LogP contribution >= 0.6 is 0 Å². The molecule has 0 spiro atoms. The van der Waals surface area contributed by atoms with Crippen molar-refractivity contribution >= 4 is 5.91 Å². The van der Waals surface area contributed by atoms with Crippen molar-refractivity contribution in [2.75, 3.05) is 40.4 Å². The zero-order valence-corrected chi connectivity index (χ0v) is 19.2. The van der Waals surface area contributed by atoms with Gasteiger partial charge in [0.1, 0.15) is 0 Å². The molecule has 1 unspecified atom stereocenters. The minimum atomic E-state index is 0.114. The molecule has 0 bridgehead atoms. The molecule has 0 aromatic heterocycles. The van der Waals surface area contributed by atoms with Crippen molar-refractivity contribution < 1.29 is 14.3 Å². The Morgan fingerprint density at radius 3 is 2.55 bits per heavy atom. The Kier molecular flexibility index (Phi) is 6.51. The fraction of sp³-hybridized carbons (Fsp3) is 0.500. The number of aryl methyl sites for hydroxylation is 2. The van der Waals surface area contributed by atoms with E-state index in [1.807, 2.05) is 17.0 Å². The zero-order chi connectivity index (χ0) is 22.0. The molecule has 4 rings (SSSR count). The molecule has 1 atom stereocenters. The number of carbonyl (C=O) groups excluding carboxylic acids is 1. The fourth-order valence-corrected chi connectivity index (χ4v) is 4.91. The Labute approximate surface area is 185 Å². The lowest BCUT2D eigenvalue weighted by atomic mass is 9.96. The van der Waals surface area contributed by atoms with Crippen LogP contribution in [-0.4, -0.2) is 56.1 Å². The van der Waals surface area contributed by atoms with E-state index in [2.05, 4.69) is 36.9 Å². The Bertz CT molecular complexity index is 956. The van der Waals surface area contributed by atoms with Crippen LogP contribution in [0, 0.1) is 19.8 Å². The van der Waals surface area contributed by atoms with Gasteiger partial charge in [0.25, 0.3) is 5.91 Å². The molecule has 0 N–H and O–H groups in total. The first-order valence-corrected chi connectivity index (χ1v) is 11.3. The first-order valence-electron chi connectivity index (χ1n) is 11.3. The Morgan fingerprint density at radius 2 is 1.81 bits per heavy atom. The van der Waals surface area contributed by atoms with Crippen molar-refractivity contribution in [2.45, 2.75) is 39.7 Å². The molecule has 5 heteroatoms. The molecule has 1 saturated heterocycles. The third-order valence-electron chi connectivity index (χ3n) is 6.86. The molecule has 5 nitrogen and oxygen atoms in total. The number of amides is 1. The second-order valence-electron chi connectivity index (χ2n) is 9.03. The predicted octanol–water partition coefficient (Wildman–Crippen LogP) is 4.23. The summed E-state index contributed by atoms with van der Waals surface area (Å²) in [5, 5.41) is 0. The number of likely N-dealkylation sites (tertiary alicyclic amines) is 1. The largest absolute Gasteiger partial charge is 0.493 e. The van der Waals surface area contributed by atoms with Crippen LogP contribution < -0.4 is 9.47 Å². The zero-order valence-electron chi connectivity index (χ0n) is 19.2. The molecular weight excluding hydrogens is 388 g/mol. The van der Waals surface area contributed by atoms with Gasteiger partial charge in [0.2, 0.25) is 0 Å². The summed E-state index contributed by atoms with van der Waals surface area (Å²) >= 11 is 0. The molecule has 31 heavy (non-hydrogen) atoms. The first kappa shape index (κ1) is 21.7. The van der Waals surface area contributed by atoms with Gasteiger partial charge in [0.05, 0.1) is 14.2 Å². The highest BCUT2D eigenvalue weighted by Crippen LogP contribution is 2.35. The van der Waals surface area contributed by atoms with Gasteiger partial charge in [0, 0.05) is 31.7 Å². The van der Waals surface area contributed by atoms with Crippen LogP contribution in [0.5, 0.6) is 11.5 Å². The molecule has 2 aliphatic rings. The minimum absolute atomic E-state index is 0.114. The Hall–Kier alpha value is -2.53. The fourth-order valence-electron chi connectivity index (χ4n) is 4.91. The molecule has 2 aromatic carbocycles. The number of rotatable bonds is 7. The van der Waals surface area contributed by atoms with Crippen LogP contribution in [0.2, 0.25) is 0 Å². The van der Waals surface area contributed by atoms with Gasteiger partial charge in [0.15, 0.2) is 11.5 Å². The number of methoxy groups -OCH3 is 2. The van der Waals surface area contributed by atoms with E-state index in [0.717, 1.165) is 43.7 Å². The van der Waals surface area contributed by atoms with Crippen molar-refractivity contribution in [2.24, 2.45) is 5.92 Å². The van der Waals surface area contributed by atoms with E-state index in [1.165, 1.54) is 29.5 Å². The summed E-state index contributed by atoms with van der Waals surface area (Å²) in [4.78, 5) is 17.6. The standard InChI is InChI=1S/C26H34N2O3/c1-18-7-8-20(12-19(18)2)9-11-27-10-5-6-21(15-27)16-28-17-22-13-24(30-3)25(31-4)14-23(22)26(28)29/h7-8,12-14,21H,5-6,9-11,15-17H2,1-4H3. The Morgan fingerprint density at radius 1 is 1.03 bits per heavy atom. The number of nitrogens with zero attached hydrogens (tertiary/aromatic N) is 2. The number of piperidine rings is 1. The van der Waals surface area contributed by atoms with Gasteiger partial charge < -0.3 is 19.3 Å². The normalized spacial score (nSPS) is 18.9. The molecule has 2 aromatic rings. The van der Waals surface area contributed by atoms with Crippen molar-refractivity contribution in [1.29, 1.82) is 0 Å². The highest BCUT2D eigenvalue weighted by atomic mass is 16.5. The number of benzene rings is 2.